The molecule has 1 aromatic heterocycles. The van der Waals surface area contributed by atoms with E-state index in [1.807, 2.05) is 18.4 Å². The van der Waals surface area contributed by atoms with Crippen molar-refractivity contribution in [2.24, 2.45) is 0 Å². The van der Waals surface area contributed by atoms with Gasteiger partial charge in [0, 0.05) is 16.9 Å². The lowest BCUT2D eigenvalue weighted by molar-refractivity contribution is -0.0678. The highest BCUT2D eigenvalue weighted by molar-refractivity contribution is 7.12. The standard InChI is InChI=1S/C16H27NOS/c1-4-12-17-15(14-9-8-13(2)19-14)16(18-3)10-6-5-7-11-16/h8-9,15,17H,4-7,10-12H2,1-3H3. The average molecular weight is 281 g/mol. The Morgan fingerprint density at radius 1 is 1.32 bits per heavy atom. The van der Waals surface area contributed by atoms with Gasteiger partial charge in [0.2, 0.25) is 0 Å². The zero-order valence-electron chi connectivity index (χ0n) is 12.5. The SMILES string of the molecule is CCCNC(c1ccc(C)s1)C1(OC)CCCCC1. The summed E-state index contributed by atoms with van der Waals surface area (Å²) in [4.78, 5) is 2.83. The lowest BCUT2D eigenvalue weighted by atomic mass is 9.78. The van der Waals surface area contributed by atoms with Crippen LogP contribution >= 0.6 is 11.3 Å². The number of nitrogens with one attached hydrogen (secondary N) is 1. The van der Waals surface area contributed by atoms with Gasteiger partial charge in [-0.25, -0.2) is 0 Å². The summed E-state index contributed by atoms with van der Waals surface area (Å²) in [6.45, 7) is 5.47. The molecule has 108 valence electrons. The number of ether oxygens (including phenoxy) is 1. The fraction of sp³-hybridized carbons (Fsp3) is 0.750. The predicted octanol–water partition coefficient (Wildman–Crippen LogP) is 4.45. The minimum absolute atomic E-state index is 0.00468. The zero-order valence-corrected chi connectivity index (χ0v) is 13.3. The summed E-state index contributed by atoms with van der Waals surface area (Å²) in [5.74, 6) is 0. The van der Waals surface area contributed by atoms with Crippen LogP contribution in [-0.4, -0.2) is 19.3 Å². The van der Waals surface area contributed by atoms with Crippen molar-refractivity contribution in [1.82, 2.24) is 5.32 Å². The maximum Gasteiger partial charge on any atom is 0.0880 e. The maximum absolute atomic E-state index is 6.05. The Bertz CT molecular complexity index is 382. The molecule has 2 nitrogen and oxygen atoms in total. The minimum Gasteiger partial charge on any atom is -0.376 e. The first kappa shape index (κ1) is 15.0. The molecule has 2 rings (SSSR count). The molecule has 0 aliphatic heterocycles. The number of hydrogen-bond donors (Lipinski definition) is 1. The van der Waals surface area contributed by atoms with Crippen LogP contribution in [0.5, 0.6) is 0 Å². The third-order valence-corrected chi connectivity index (χ3v) is 5.34. The molecule has 0 spiro atoms. The highest BCUT2D eigenvalue weighted by Crippen LogP contribution is 2.42. The molecule has 0 bridgehead atoms. The van der Waals surface area contributed by atoms with Crippen LogP contribution in [0.4, 0.5) is 0 Å². The Kier molecular flexibility index (Phi) is 5.43. The Morgan fingerprint density at radius 3 is 2.58 bits per heavy atom. The summed E-state index contributed by atoms with van der Waals surface area (Å²) in [7, 11) is 1.90. The molecule has 0 saturated heterocycles. The minimum atomic E-state index is 0.00468. The smallest absolute Gasteiger partial charge is 0.0880 e. The molecule has 1 fully saturated rings. The Balaban J connectivity index is 2.24. The summed E-state index contributed by atoms with van der Waals surface area (Å²) < 4.78 is 6.05. The second-order valence-corrected chi connectivity index (χ2v) is 6.98. The highest BCUT2D eigenvalue weighted by Gasteiger charge is 2.41. The van der Waals surface area contributed by atoms with E-state index in [0.29, 0.717) is 6.04 Å². The van der Waals surface area contributed by atoms with Gasteiger partial charge in [0.1, 0.15) is 0 Å². The number of thiophene rings is 1. The monoisotopic (exact) mass is 281 g/mol. The van der Waals surface area contributed by atoms with Crippen molar-refractivity contribution in [3.63, 3.8) is 0 Å². The molecule has 0 amide bonds. The molecular formula is C16H27NOS. The van der Waals surface area contributed by atoms with Gasteiger partial charge in [-0.15, -0.1) is 11.3 Å². The van der Waals surface area contributed by atoms with Gasteiger partial charge in [0.25, 0.3) is 0 Å². The van der Waals surface area contributed by atoms with Crippen molar-refractivity contribution >= 4 is 11.3 Å². The number of methoxy groups -OCH3 is 1. The van der Waals surface area contributed by atoms with Gasteiger partial charge in [0.15, 0.2) is 0 Å². The summed E-state index contributed by atoms with van der Waals surface area (Å²) in [6.07, 6.45) is 7.48. The molecule has 0 aromatic carbocycles. The largest absolute Gasteiger partial charge is 0.376 e. The summed E-state index contributed by atoms with van der Waals surface area (Å²) >= 11 is 1.91. The maximum atomic E-state index is 6.05. The number of hydrogen-bond acceptors (Lipinski definition) is 3. The van der Waals surface area contributed by atoms with Crippen LogP contribution in [0, 0.1) is 6.92 Å². The molecular weight excluding hydrogens is 254 g/mol. The second kappa shape index (κ2) is 6.87. The zero-order chi connectivity index (χ0) is 13.7. The van der Waals surface area contributed by atoms with Gasteiger partial charge in [-0.05, 0) is 44.9 Å². The van der Waals surface area contributed by atoms with Crippen molar-refractivity contribution in [2.45, 2.75) is 64.0 Å². The average Bonchev–Trinajstić information content (AvgIpc) is 2.86. The molecule has 1 aliphatic rings. The third-order valence-electron chi connectivity index (χ3n) is 4.28. The van der Waals surface area contributed by atoms with E-state index in [9.17, 15) is 0 Å². The predicted molar refractivity (Wildman–Crippen MR) is 82.9 cm³/mol. The Morgan fingerprint density at radius 2 is 2.05 bits per heavy atom. The van der Waals surface area contributed by atoms with Crippen LogP contribution in [0.1, 0.15) is 61.2 Å². The molecule has 1 atom stereocenters. The third kappa shape index (κ3) is 3.39. The fourth-order valence-corrected chi connectivity index (χ4v) is 4.26. The van der Waals surface area contributed by atoms with E-state index in [-0.39, 0.29) is 5.60 Å². The Labute approximate surface area is 121 Å². The van der Waals surface area contributed by atoms with Crippen molar-refractivity contribution in [2.75, 3.05) is 13.7 Å². The van der Waals surface area contributed by atoms with E-state index in [1.54, 1.807) is 0 Å². The molecule has 1 heterocycles. The van der Waals surface area contributed by atoms with E-state index >= 15 is 0 Å². The van der Waals surface area contributed by atoms with Crippen LogP contribution in [0.2, 0.25) is 0 Å². The molecule has 3 heteroatoms. The topological polar surface area (TPSA) is 21.3 Å². The van der Waals surface area contributed by atoms with Gasteiger partial charge < -0.3 is 10.1 Å². The van der Waals surface area contributed by atoms with Gasteiger partial charge in [-0.3, -0.25) is 0 Å². The first-order chi connectivity index (χ1) is 9.22. The van der Waals surface area contributed by atoms with E-state index in [2.05, 4.69) is 31.3 Å². The van der Waals surface area contributed by atoms with Crippen LogP contribution in [0.3, 0.4) is 0 Å². The molecule has 0 radical (unpaired) electrons. The van der Waals surface area contributed by atoms with Crippen LogP contribution in [0.15, 0.2) is 12.1 Å². The van der Waals surface area contributed by atoms with E-state index in [1.165, 1.54) is 48.3 Å². The van der Waals surface area contributed by atoms with Crippen LogP contribution < -0.4 is 5.32 Å². The molecule has 1 aliphatic carbocycles. The molecule has 19 heavy (non-hydrogen) atoms. The van der Waals surface area contributed by atoms with E-state index in [0.717, 1.165) is 6.54 Å². The Hall–Kier alpha value is -0.380. The second-order valence-electron chi connectivity index (χ2n) is 5.67. The van der Waals surface area contributed by atoms with Crippen molar-refractivity contribution in [1.29, 1.82) is 0 Å². The number of rotatable bonds is 6. The lowest BCUT2D eigenvalue weighted by Gasteiger charge is -2.42. The quantitative estimate of drug-likeness (QED) is 0.832. The number of aryl methyl sites for hydroxylation is 1. The fourth-order valence-electron chi connectivity index (χ4n) is 3.20. The van der Waals surface area contributed by atoms with E-state index in [4.69, 9.17) is 4.74 Å². The van der Waals surface area contributed by atoms with Gasteiger partial charge >= 0.3 is 0 Å². The normalized spacial score (nSPS) is 20.4. The van der Waals surface area contributed by atoms with Gasteiger partial charge in [-0.1, -0.05) is 26.2 Å². The van der Waals surface area contributed by atoms with Gasteiger partial charge in [-0.2, -0.15) is 0 Å². The molecule has 1 N–H and O–H groups in total. The van der Waals surface area contributed by atoms with Crippen LogP contribution in [-0.2, 0) is 4.74 Å². The van der Waals surface area contributed by atoms with Crippen molar-refractivity contribution in [3.05, 3.63) is 21.9 Å². The molecule has 1 saturated carbocycles. The van der Waals surface area contributed by atoms with E-state index < -0.39 is 0 Å². The van der Waals surface area contributed by atoms with Crippen molar-refractivity contribution in [3.8, 4) is 0 Å². The lowest BCUT2D eigenvalue weighted by Crippen LogP contribution is -2.46. The van der Waals surface area contributed by atoms with Gasteiger partial charge in [0.05, 0.1) is 11.6 Å². The van der Waals surface area contributed by atoms with Crippen LogP contribution in [0.25, 0.3) is 0 Å². The van der Waals surface area contributed by atoms with Crippen molar-refractivity contribution < 1.29 is 4.74 Å². The first-order valence-corrected chi connectivity index (χ1v) is 8.38. The molecule has 1 unspecified atom stereocenters. The summed E-state index contributed by atoms with van der Waals surface area (Å²) in [6, 6.07) is 4.87. The highest BCUT2D eigenvalue weighted by atomic mass is 32.1. The summed E-state index contributed by atoms with van der Waals surface area (Å²) in [5, 5.41) is 3.75. The summed E-state index contributed by atoms with van der Waals surface area (Å²) in [5.41, 5.74) is 0.00468. The first-order valence-electron chi connectivity index (χ1n) is 7.57. The molecule has 1 aromatic rings.